The summed E-state index contributed by atoms with van der Waals surface area (Å²) in [6.07, 6.45) is 3.90. The number of aryl methyl sites for hydroxylation is 1. The highest BCUT2D eigenvalue weighted by Crippen LogP contribution is 2.30. The third-order valence-corrected chi connectivity index (χ3v) is 3.84. The van der Waals surface area contributed by atoms with E-state index >= 15 is 0 Å². The molecule has 0 aliphatic heterocycles. The van der Waals surface area contributed by atoms with Crippen LogP contribution in [0.25, 0.3) is 0 Å². The van der Waals surface area contributed by atoms with Gasteiger partial charge < -0.3 is 10.1 Å². The number of nitrogens with one attached hydrogen (secondary N) is 1. The molecule has 2 rings (SSSR count). The maximum absolute atomic E-state index is 5.22. The standard InChI is InChI=1S/C13H23N3O/c1-9-5-6-10(2)11(7-9)14-12-8-13(17-4)16(3)15-12/h8-11H,5-7H2,1-4H3,(H,14,15). The molecule has 1 fully saturated rings. The van der Waals surface area contributed by atoms with Gasteiger partial charge in [-0.3, -0.25) is 0 Å². The van der Waals surface area contributed by atoms with Crippen molar-refractivity contribution in [3.63, 3.8) is 0 Å². The van der Waals surface area contributed by atoms with Crippen molar-refractivity contribution in [3.8, 4) is 5.88 Å². The Bertz CT molecular complexity index is 375. The Balaban J connectivity index is 2.03. The molecule has 1 aromatic heterocycles. The highest BCUT2D eigenvalue weighted by molar-refractivity contribution is 5.39. The van der Waals surface area contributed by atoms with Crippen LogP contribution in [0.3, 0.4) is 0 Å². The second-order valence-corrected chi connectivity index (χ2v) is 5.34. The third-order valence-electron chi connectivity index (χ3n) is 3.84. The van der Waals surface area contributed by atoms with Crippen molar-refractivity contribution in [1.29, 1.82) is 0 Å². The summed E-state index contributed by atoms with van der Waals surface area (Å²) in [6, 6.07) is 2.50. The Kier molecular flexibility index (Phi) is 3.60. The fourth-order valence-electron chi connectivity index (χ4n) is 2.64. The van der Waals surface area contributed by atoms with Crippen molar-refractivity contribution in [2.75, 3.05) is 12.4 Å². The van der Waals surface area contributed by atoms with E-state index in [1.807, 2.05) is 13.1 Å². The number of rotatable bonds is 3. The summed E-state index contributed by atoms with van der Waals surface area (Å²) in [5.41, 5.74) is 0. The lowest BCUT2D eigenvalue weighted by Crippen LogP contribution is -2.33. The van der Waals surface area contributed by atoms with Crippen LogP contribution < -0.4 is 10.1 Å². The molecule has 1 aliphatic rings. The molecular formula is C13H23N3O. The van der Waals surface area contributed by atoms with E-state index in [0.717, 1.165) is 23.5 Å². The predicted octanol–water partition coefficient (Wildman–Crippen LogP) is 2.67. The lowest BCUT2D eigenvalue weighted by atomic mass is 9.80. The fraction of sp³-hybridized carbons (Fsp3) is 0.769. The van der Waals surface area contributed by atoms with Crippen LogP contribution in [0.4, 0.5) is 5.82 Å². The zero-order valence-corrected chi connectivity index (χ0v) is 11.2. The normalized spacial score (nSPS) is 29.1. The maximum atomic E-state index is 5.22. The van der Waals surface area contributed by atoms with Gasteiger partial charge in [-0.05, 0) is 24.7 Å². The molecule has 4 heteroatoms. The summed E-state index contributed by atoms with van der Waals surface area (Å²) in [4.78, 5) is 0. The molecule has 0 radical (unpaired) electrons. The maximum Gasteiger partial charge on any atom is 0.213 e. The van der Waals surface area contributed by atoms with Crippen molar-refractivity contribution in [2.24, 2.45) is 18.9 Å². The van der Waals surface area contributed by atoms with Crippen LogP contribution in [0.2, 0.25) is 0 Å². The first-order valence-electron chi connectivity index (χ1n) is 6.44. The van der Waals surface area contributed by atoms with Crippen LogP contribution >= 0.6 is 0 Å². The van der Waals surface area contributed by atoms with Gasteiger partial charge in [0.25, 0.3) is 0 Å². The highest BCUT2D eigenvalue weighted by Gasteiger charge is 2.26. The number of methoxy groups -OCH3 is 1. The monoisotopic (exact) mass is 237 g/mol. The summed E-state index contributed by atoms with van der Waals surface area (Å²) in [6.45, 7) is 4.66. The zero-order chi connectivity index (χ0) is 12.4. The largest absolute Gasteiger partial charge is 0.481 e. The van der Waals surface area contributed by atoms with Crippen LogP contribution in [0.1, 0.15) is 33.1 Å². The Morgan fingerprint density at radius 3 is 2.82 bits per heavy atom. The minimum absolute atomic E-state index is 0.540. The molecule has 3 unspecified atom stereocenters. The van der Waals surface area contributed by atoms with Crippen LogP contribution in [-0.2, 0) is 7.05 Å². The summed E-state index contributed by atoms with van der Waals surface area (Å²) >= 11 is 0. The number of hydrogen-bond donors (Lipinski definition) is 1. The van der Waals surface area contributed by atoms with E-state index in [1.165, 1.54) is 19.3 Å². The highest BCUT2D eigenvalue weighted by atomic mass is 16.5. The van der Waals surface area contributed by atoms with Gasteiger partial charge in [0.2, 0.25) is 5.88 Å². The minimum atomic E-state index is 0.540. The molecule has 1 N–H and O–H groups in total. The smallest absolute Gasteiger partial charge is 0.213 e. The molecule has 0 saturated heterocycles. The number of aromatic nitrogens is 2. The molecule has 0 amide bonds. The van der Waals surface area contributed by atoms with Crippen molar-refractivity contribution in [3.05, 3.63) is 6.07 Å². The molecule has 3 atom stereocenters. The first-order valence-corrected chi connectivity index (χ1v) is 6.44. The van der Waals surface area contributed by atoms with Crippen molar-refractivity contribution >= 4 is 5.82 Å². The summed E-state index contributed by atoms with van der Waals surface area (Å²) in [5, 5.41) is 7.96. The fourth-order valence-corrected chi connectivity index (χ4v) is 2.64. The molecule has 1 heterocycles. The molecular weight excluding hydrogens is 214 g/mol. The van der Waals surface area contributed by atoms with Crippen molar-refractivity contribution < 1.29 is 4.74 Å². The van der Waals surface area contributed by atoms with Gasteiger partial charge in [0.05, 0.1) is 7.11 Å². The molecule has 1 aliphatic carbocycles. The van der Waals surface area contributed by atoms with Crippen LogP contribution in [0.5, 0.6) is 5.88 Å². The Labute approximate surface area is 103 Å². The van der Waals surface area contributed by atoms with Gasteiger partial charge in [-0.15, -0.1) is 0 Å². The minimum Gasteiger partial charge on any atom is -0.481 e. The third kappa shape index (κ3) is 2.73. The Morgan fingerprint density at radius 1 is 1.41 bits per heavy atom. The summed E-state index contributed by atoms with van der Waals surface area (Å²) < 4.78 is 6.99. The Hall–Kier alpha value is -1.19. The van der Waals surface area contributed by atoms with Gasteiger partial charge in [-0.25, -0.2) is 4.68 Å². The first-order chi connectivity index (χ1) is 8.10. The van der Waals surface area contributed by atoms with E-state index in [0.29, 0.717) is 6.04 Å². The summed E-state index contributed by atoms with van der Waals surface area (Å²) in [5.74, 6) is 3.26. The molecule has 1 saturated carbocycles. The average molecular weight is 237 g/mol. The quantitative estimate of drug-likeness (QED) is 0.878. The zero-order valence-electron chi connectivity index (χ0n) is 11.2. The second kappa shape index (κ2) is 4.98. The van der Waals surface area contributed by atoms with Gasteiger partial charge in [0.1, 0.15) is 0 Å². The molecule has 0 aromatic carbocycles. The van der Waals surface area contributed by atoms with E-state index in [-0.39, 0.29) is 0 Å². The van der Waals surface area contributed by atoms with E-state index in [4.69, 9.17) is 4.74 Å². The molecule has 96 valence electrons. The lowest BCUT2D eigenvalue weighted by Gasteiger charge is -2.33. The number of nitrogens with zero attached hydrogens (tertiary/aromatic N) is 2. The predicted molar refractivity (Wildman–Crippen MR) is 69.3 cm³/mol. The van der Waals surface area contributed by atoms with Crippen molar-refractivity contribution in [1.82, 2.24) is 9.78 Å². The van der Waals surface area contributed by atoms with Crippen LogP contribution in [-0.4, -0.2) is 22.9 Å². The topological polar surface area (TPSA) is 39.1 Å². The van der Waals surface area contributed by atoms with Crippen molar-refractivity contribution in [2.45, 2.75) is 39.2 Å². The molecule has 0 spiro atoms. The van der Waals surface area contributed by atoms with E-state index in [9.17, 15) is 0 Å². The molecule has 17 heavy (non-hydrogen) atoms. The lowest BCUT2D eigenvalue weighted by molar-refractivity contribution is 0.280. The number of anilines is 1. The van der Waals surface area contributed by atoms with Gasteiger partial charge in [-0.1, -0.05) is 20.3 Å². The number of hydrogen-bond acceptors (Lipinski definition) is 3. The molecule has 0 bridgehead atoms. The second-order valence-electron chi connectivity index (χ2n) is 5.34. The van der Waals surface area contributed by atoms with Gasteiger partial charge in [-0.2, -0.15) is 5.10 Å². The van der Waals surface area contributed by atoms with Crippen LogP contribution in [0, 0.1) is 11.8 Å². The van der Waals surface area contributed by atoms with E-state index < -0.39 is 0 Å². The first kappa shape index (κ1) is 12.3. The van der Waals surface area contributed by atoms with Gasteiger partial charge in [0.15, 0.2) is 5.82 Å². The van der Waals surface area contributed by atoms with E-state index in [1.54, 1.807) is 11.8 Å². The molecule has 1 aromatic rings. The average Bonchev–Trinajstić information content (AvgIpc) is 2.64. The number of ether oxygens (including phenoxy) is 1. The van der Waals surface area contributed by atoms with Gasteiger partial charge in [0, 0.05) is 19.2 Å². The molecule has 4 nitrogen and oxygen atoms in total. The Morgan fingerprint density at radius 2 is 2.18 bits per heavy atom. The van der Waals surface area contributed by atoms with Crippen LogP contribution in [0.15, 0.2) is 6.07 Å². The SMILES string of the molecule is COc1cc(NC2CC(C)CCC2C)nn1C. The van der Waals surface area contributed by atoms with E-state index in [2.05, 4.69) is 24.3 Å². The van der Waals surface area contributed by atoms with Gasteiger partial charge >= 0.3 is 0 Å². The summed E-state index contributed by atoms with van der Waals surface area (Å²) in [7, 11) is 3.57.